The minimum absolute atomic E-state index is 0.410. The first-order valence-corrected chi connectivity index (χ1v) is 12.0. The van der Waals surface area contributed by atoms with E-state index < -0.39 is 0 Å². The van der Waals surface area contributed by atoms with Crippen LogP contribution in [-0.2, 0) is 0 Å². The Morgan fingerprint density at radius 1 is 0.694 bits per heavy atom. The molecule has 1 N–H and O–H groups in total. The minimum atomic E-state index is 0.410. The number of nitrogens with one attached hydrogen (secondary N) is 1. The second-order valence-corrected chi connectivity index (χ2v) is 9.23. The van der Waals surface area contributed by atoms with Crippen LogP contribution in [0.15, 0.2) is 119 Å². The fourth-order valence-electron chi connectivity index (χ4n) is 5.57. The van der Waals surface area contributed by atoms with E-state index >= 15 is 0 Å². The van der Waals surface area contributed by atoms with Crippen molar-refractivity contribution in [1.82, 2.24) is 4.40 Å². The summed E-state index contributed by atoms with van der Waals surface area (Å²) < 4.78 is 8.61. The van der Waals surface area contributed by atoms with Gasteiger partial charge in [0, 0.05) is 33.1 Å². The zero-order valence-electron chi connectivity index (χ0n) is 19.2. The fourth-order valence-corrected chi connectivity index (χ4v) is 5.57. The van der Waals surface area contributed by atoms with Crippen LogP contribution in [0.1, 0.15) is 0 Å². The molecule has 4 nitrogen and oxygen atoms in total. The first-order chi connectivity index (χ1) is 17.8. The first kappa shape index (κ1) is 19.4. The number of benzene rings is 4. The molecular formula is C32H19N3O. The summed E-state index contributed by atoms with van der Waals surface area (Å²) in [6.07, 6.45) is 9.55. The standard InChI is InChI=1S/C32H19N3O/c33-24-11-5-6-12-25(24)34-26-18-35-27-16-20(19-8-2-1-3-9-19)14-15-21(27)31-30-22-10-4-7-13-28(22)36-29(30)17-23(26)32(31)35/h1-18,33H/b33-24?,34-25-. The molecule has 3 heterocycles. The van der Waals surface area contributed by atoms with Crippen molar-refractivity contribution in [3.8, 4) is 11.1 Å². The van der Waals surface area contributed by atoms with Crippen molar-refractivity contribution in [1.29, 1.82) is 5.41 Å². The molecule has 0 radical (unpaired) electrons. The first-order valence-electron chi connectivity index (χ1n) is 12.0. The van der Waals surface area contributed by atoms with E-state index in [-0.39, 0.29) is 0 Å². The Labute approximate surface area is 205 Å². The quantitative estimate of drug-likeness (QED) is 0.258. The number of allylic oxidation sites excluding steroid dienone is 4. The van der Waals surface area contributed by atoms with Gasteiger partial charge in [0.05, 0.1) is 28.1 Å². The van der Waals surface area contributed by atoms with E-state index in [1.807, 2.05) is 36.4 Å². The monoisotopic (exact) mass is 461 g/mol. The second kappa shape index (κ2) is 7.03. The van der Waals surface area contributed by atoms with Crippen molar-refractivity contribution in [2.24, 2.45) is 4.99 Å². The van der Waals surface area contributed by atoms with Crippen LogP contribution < -0.4 is 0 Å². The van der Waals surface area contributed by atoms with Crippen LogP contribution in [0.25, 0.3) is 60.3 Å². The van der Waals surface area contributed by atoms with Gasteiger partial charge in [0.15, 0.2) is 0 Å². The Bertz CT molecular complexity index is 2100. The molecule has 0 atom stereocenters. The van der Waals surface area contributed by atoms with Crippen molar-refractivity contribution in [2.75, 3.05) is 0 Å². The minimum Gasteiger partial charge on any atom is -0.456 e. The maximum Gasteiger partial charge on any atom is 0.136 e. The number of furan rings is 1. The van der Waals surface area contributed by atoms with Crippen molar-refractivity contribution in [2.45, 2.75) is 0 Å². The summed E-state index contributed by atoms with van der Waals surface area (Å²) in [7, 11) is 0. The fraction of sp³-hybridized carbons (Fsp3) is 0. The molecule has 4 aromatic carbocycles. The molecule has 0 aliphatic heterocycles. The topological polar surface area (TPSA) is 53.8 Å². The number of para-hydroxylation sites is 1. The number of hydrogen-bond donors (Lipinski definition) is 1. The summed E-state index contributed by atoms with van der Waals surface area (Å²) in [5.74, 6) is 0. The summed E-state index contributed by atoms with van der Waals surface area (Å²) in [4.78, 5) is 4.93. The number of fused-ring (bicyclic) bond motifs is 7. The Morgan fingerprint density at radius 3 is 2.42 bits per heavy atom. The summed E-state index contributed by atoms with van der Waals surface area (Å²) in [5, 5.41) is 14.0. The summed E-state index contributed by atoms with van der Waals surface area (Å²) in [5.41, 5.74) is 8.27. The molecule has 7 aromatic rings. The lowest BCUT2D eigenvalue weighted by atomic mass is 10.0. The second-order valence-electron chi connectivity index (χ2n) is 9.23. The zero-order valence-corrected chi connectivity index (χ0v) is 19.2. The third-order valence-electron chi connectivity index (χ3n) is 7.19. The number of hydrogen-bond acceptors (Lipinski definition) is 3. The highest BCUT2D eigenvalue weighted by molar-refractivity contribution is 6.50. The van der Waals surface area contributed by atoms with Crippen LogP contribution in [0.5, 0.6) is 0 Å². The summed E-state index contributed by atoms with van der Waals surface area (Å²) in [6, 6.07) is 27.5. The van der Waals surface area contributed by atoms with Crippen molar-refractivity contribution < 1.29 is 4.42 Å². The zero-order chi connectivity index (χ0) is 23.8. The van der Waals surface area contributed by atoms with E-state index in [1.54, 1.807) is 6.08 Å². The highest BCUT2D eigenvalue weighted by Gasteiger charge is 2.22. The third kappa shape index (κ3) is 2.58. The van der Waals surface area contributed by atoms with Crippen LogP contribution in [0.2, 0.25) is 0 Å². The highest BCUT2D eigenvalue weighted by atomic mass is 16.3. The number of rotatable bonds is 2. The van der Waals surface area contributed by atoms with E-state index in [9.17, 15) is 0 Å². The van der Waals surface area contributed by atoms with Gasteiger partial charge in [-0.25, -0.2) is 4.99 Å². The van der Waals surface area contributed by atoms with Gasteiger partial charge in [-0.05, 0) is 41.5 Å². The molecule has 4 heteroatoms. The molecule has 1 aliphatic rings. The highest BCUT2D eigenvalue weighted by Crippen LogP contribution is 2.46. The molecule has 0 bridgehead atoms. The Hall–Kier alpha value is -4.96. The van der Waals surface area contributed by atoms with Crippen molar-refractivity contribution in [3.63, 3.8) is 0 Å². The van der Waals surface area contributed by atoms with E-state index in [0.717, 1.165) is 44.0 Å². The maximum absolute atomic E-state index is 8.32. The van der Waals surface area contributed by atoms with Crippen LogP contribution >= 0.6 is 0 Å². The number of nitrogens with zero attached hydrogens (tertiary/aromatic N) is 2. The largest absolute Gasteiger partial charge is 0.456 e. The lowest BCUT2D eigenvalue weighted by Crippen LogP contribution is -2.08. The van der Waals surface area contributed by atoms with Gasteiger partial charge in [0.1, 0.15) is 11.2 Å². The number of aromatic nitrogens is 1. The maximum atomic E-state index is 8.32. The van der Waals surface area contributed by atoms with E-state index in [1.165, 1.54) is 21.9 Å². The molecular weight excluding hydrogens is 442 g/mol. The normalized spacial score (nSPS) is 15.1. The SMILES string of the molecule is N=C1C=CC=C/C1=N/c1cn2c3cc(-c4ccccc4)ccc3c3c4c(cc1c32)oc1ccccc14. The molecule has 0 saturated carbocycles. The van der Waals surface area contributed by atoms with Crippen LogP contribution in [0, 0.1) is 5.41 Å². The third-order valence-corrected chi connectivity index (χ3v) is 7.19. The van der Waals surface area contributed by atoms with Gasteiger partial charge in [-0.3, -0.25) is 5.41 Å². The lowest BCUT2D eigenvalue weighted by Gasteiger charge is -2.04. The van der Waals surface area contributed by atoms with E-state index in [0.29, 0.717) is 11.4 Å². The van der Waals surface area contributed by atoms with E-state index in [2.05, 4.69) is 71.3 Å². The predicted molar refractivity (Wildman–Crippen MR) is 149 cm³/mol. The Morgan fingerprint density at radius 2 is 1.53 bits per heavy atom. The van der Waals surface area contributed by atoms with Gasteiger partial charge in [-0.2, -0.15) is 0 Å². The van der Waals surface area contributed by atoms with Crippen LogP contribution in [0.3, 0.4) is 0 Å². The Kier molecular flexibility index (Phi) is 3.78. The van der Waals surface area contributed by atoms with Crippen LogP contribution in [-0.4, -0.2) is 15.8 Å². The molecule has 168 valence electrons. The molecule has 1 aliphatic carbocycles. The van der Waals surface area contributed by atoms with Crippen molar-refractivity contribution in [3.05, 3.63) is 109 Å². The average molecular weight is 462 g/mol. The van der Waals surface area contributed by atoms with Gasteiger partial charge in [-0.1, -0.05) is 72.8 Å². The Balaban J connectivity index is 1.54. The van der Waals surface area contributed by atoms with Gasteiger partial charge in [0.25, 0.3) is 0 Å². The molecule has 0 fully saturated rings. The number of aliphatic imine (C=N–C) groups is 1. The molecule has 0 spiro atoms. The molecule has 3 aromatic heterocycles. The lowest BCUT2D eigenvalue weighted by molar-refractivity contribution is 0.669. The van der Waals surface area contributed by atoms with E-state index in [4.69, 9.17) is 14.8 Å². The van der Waals surface area contributed by atoms with Crippen LogP contribution in [0.4, 0.5) is 5.69 Å². The summed E-state index contributed by atoms with van der Waals surface area (Å²) in [6.45, 7) is 0. The molecule has 8 rings (SSSR count). The van der Waals surface area contributed by atoms with Gasteiger partial charge in [0.2, 0.25) is 0 Å². The smallest absolute Gasteiger partial charge is 0.136 e. The van der Waals surface area contributed by atoms with Gasteiger partial charge < -0.3 is 8.82 Å². The van der Waals surface area contributed by atoms with Crippen molar-refractivity contribution >= 4 is 66.2 Å². The predicted octanol–water partition coefficient (Wildman–Crippen LogP) is 8.47. The van der Waals surface area contributed by atoms with Gasteiger partial charge in [-0.15, -0.1) is 0 Å². The molecule has 36 heavy (non-hydrogen) atoms. The molecule has 0 saturated heterocycles. The molecule has 0 unspecified atom stereocenters. The molecule has 0 amide bonds. The average Bonchev–Trinajstić information content (AvgIpc) is 3.57. The summed E-state index contributed by atoms with van der Waals surface area (Å²) >= 11 is 0. The van der Waals surface area contributed by atoms with Gasteiger partial charge >= 0.3 is 0 Å².